The number of hydrogen-bond donors (Lipinski definition) is 3. The Morgan fingerprint density at radius 2 is 1.77 bits per heavy atom. The van der Waals surface area contributed by atoms with Crippen LogP contribution >= 0.6 is 11.6 Å². The zero-order chi connectivity index (χ0) is 19.1. The highest BCUT2D eigenvalue weighted by molar-refractivity contribution is 6.31. The Kier molecular flexibility index (Phi) is 6.35. The number of methoxy groups -OCH3 is 1. The SMILES string of the molecule is COc1ccc(Cl)cc1NC(=O)c1ccccc1NC(=O)C=CC(=O)O. The number of carboxylic acids is 1. The van der Waals surface area contributed by atoms with Crippen molar-refractivity contribution in [1.82, 2.24) is 0 Å². The van der Waals surface area contributed by atoms with Crippen LogP contribution in [0.5, 0.6) is 5.75 Å². The van der Waals surface area contributed by atoms with Gasteiger partial charge in [0.2, 0.25) is 5.91 Å². The van der Waals surface area contributed by atoms with Crippen LogP contribution in [-0.4, -0.2) is 30.0 Å². The molecule has 7 nitrogen and oxygen atoms in total. The van der Waals surface area contributed by atoms with Crippen molar-refractivity contribution < 1.29 is 24.2 Å². The van der Waals surface area contributed by atoms with Crippen LogP contribution in [0.15, 0.2) is 54.6 Å². The fraction of sp³-hybridized carbons (Fsp3) is 0.0556. The lowest BCUT2D eigenvalue weighted by molar-refractivity contribution is -0.131. The van der Waals surface area contributed by atoms with Crippen molar-refractivity contribution in [3.8, 4) is 5.75 Å². The van der Waals surface area contributed by atoms with E-state index in [9.17, 15) is 14.4 Å². The van der Waals surface area contributed by atoms with Crippen LogP contribution in [0.2, 0.25) is 5.02 Å². The number of para-hydroxylation sites is 1. The van der Waals surface area contributed by atoms with E-state index in [2.05, 4.69) is 10.6 Å². The number of nitrogens with one attached hydrogen (secondary N) is 2. The molecule has 0 aromatic heterocycles. The average molecular weight is 375 g/mol. The molecule has 2 aromatic rings. The first-order valence-electron chi connectivity index (χ1n) is 7.36. The molecule has 0 aliphatic heterocycles. The fourth-order valence-electron chi connectivity index (χ4n) is 2.08. The predicted octanol–water partition coefficient (Wildman–Crippen LogP) is 3.18. The first kappa shape index (κ1) is 19.0. The van der Waals surface area contributed by atoms with Gasteiger partial charge >= 0.3 is 5.97 Å². The van der Waals surface area contributed by atoms with Gasteiger partial charge in [-0.05, 0) is 30.3 Å². The number of anilines is 2. The monoisotopic (exact) mass is 374 g/mol. The molecular weight excluding hydrogens is 360 g/mol. The first-order chi connectivity index (χ1) is 12.4. The molecule has 0 radical (unpaired) electrons. The van der Waals surface area contributed by atoms with Crippen molar-refractivity contribution in [1.29, 1.82) is 0 Å². The maximum atomic E-state index is 12.6. The Morgan fingerprint density at radius 3 is 2.46 bits per heavy atom. The van der Waals surface area contributed by atoms with Gasteiger partial charge in [-0.1, -0.05) is 23.7 Å². The molecule has 26 heavy (non-hydrogen) atoms. The molecule has 0 aliphatic rings. The van der Waals surface area contributed by atoms with Gasteiger partial charge in [0.25, 0.3) is 5.91 Å². The molecule has 0 atom stereocenters. The van der Waals surface area contributed by atoms with E-state index in [1.807, 2.05) is 0 Å². The molecule has 0 aliphatic carbocycles. The molecule has 134 valence electrons. The summed E-state index contributed by atoms with van der Waals surface area (Å²) in [6.45, 7) is 0. The lowest BCUT2D eigenvalue weighted by atomic mass is 10.1. The highest BCUT2D eigenvalue weighted by atomic mass is 35.5. The van der Waals surface area contributed by atoms with Crippen LogP contribution in [0, 0.1) is 0 Å². The average Bonchev–Trinajstić information content (AvgIpc) is 2.60. The Balaban J connectivity index is 2.24. The normalized spacial score (nSPS) is 10.4. The summed E-state index contributed by atoms with van der Waals surface area (Å²) in [5.74, 6) is -2.00. The van der Waals surface area contributed by atoms with Crippen LogP contribution in [0.25, 0.3) is 0 Å². The fourth-order valence-corrected chi connectivity index (χ4v) is 2.25. The summed E-state index contributed by atoms with van der Waals surface area (Å²) in [6, 6.07) is 11.1. The summed E-state index contributed by atoms with van der Waals surface area (Å²) >= 11 is 5.94. The molecule has 2 amide bonds. The van der Waals surface area contributed by atoms with Gasteiger partial charge in [0.15, 0.2) is 0 Å². The third-order valence-corrected chi connectivity index (χ3v) is 3.45. The lowest BCUT2D eigenvalue weighted by Crippen LogP contribution is -2.17. The number of carbonyl (C=O) groups is 3. The second-order valence-corrected chi connectivity index (χ2v) is 5.44. The zero-order valence-electron chi connectivity index (χ0n) is 13.7. The van der Waals surface area contributed by atoms with Gasteiger partial charge in [-0.2, -0.15) is 0 Å². The number of carbonyl (C=O) groups excluding carboxylic acids is 2. The molecule has 0 unspecified atom stereocenters. The van der Waals surface area contributed by atoms with E-state index in [1.165, 1.54) is 25.3 Å². The maximum Gasteiger partial charge on any atom is 0.328 e. The third-order valence-electron chi connectivity index (χ3n) is 3.22. The Hall–Kier alpha value is -3.32. The minimum atomic E-state index is -1.25. The summed E-state index contributed by atoms with van der Waals surface area (Å²) in [5, 5.41) is 14.1. The largest absolute Gasteiger partial charge is 0.495 e. The van der Waals surface area contributed by atoms with E-state index in [4.69, 9.17) is 21.4 Å². The number of carboxylic acid groups (broad SMARTS) is 1. The van der Waals surface area contributed by atoms with E-state index < -0.39 is 17.8 Å². The molecular formula is C18H15ClN2O5. The van der Waals surface area contributed by atoms with Crippen molar-refractivity contribution >= 4 is 40.8 Å². The van der Waals surface area contributed by atoms with Gasteiger partial charge in [-0.25, -0.2) is 4.79 Å². The molecule has 0 fully saturated rings. The zero-order valence-corrected chi connectivity index (χ0v) is 14.4. The topological polar surface area (TPSA) is 105 Å². The van der Waals surface area contributed by atoms with Crippen molar-refractivity contribution in [2.24, 2.45) is 0 Å². The number of rotatable bonds is 6. The number of amides is 2. The van der Waals surface area contributed by atoms with E-state index in [1.54, 1.807) is 24.3 Å². The molecule has 2 aromatic carbocycles. The lowest BCUT2D eigenvalue weighted by Gasteiger charge is -2.13. The van der Waals surface area contributed by atoms with Crippen LogP contribution in [0.1, 0.15) is 10.4 Å². The van der Waals surface area contributed by atoms with Gasteiger partial charge in [0.05, 0.1) is 24.0 Å². The summed E-state index contributed by atoms with van der Waals surface area (Å²) < 4.78 is 5.18. The molecule has 8 heteroatoms. The van der Waals surface area contributed by atoms with Crippen molar-refractivity contribution in [3.05, 3.63) is 65.2 Å². The number of ether oxygens (including phenoxy) is 1. The number of benzene rings is 2. The van der Waals surface area contributed by atoms with Crippen molar-refractivity contribution in [3.63, 3.8) is 0 Å². The number of hydrogen-bond acceptors (Lipinski definition) is 4. The molecule has 0 bridgehead atoms. The van der Waals surface area contributed by atoms with Gasteiger partial charge < -0.3 is 20.5 Å². The van der Waals surface area contributed by atoms with Crippen molar-refractivity contribution in [2.45, 2.75) is 0 Å². The van der Waals surface area contributed by atoms with Crippen LogP contribution in [0.4, 0.5) is 11.4 Å². The molecule has 0 saturated carbocycles. The predicted molar refractivity (Wildman–Crippen MR) is 97.8 cm³/mol. The van der Waals surface area contributed by atoms with E-state index in [0.717, 1.165) is 6.08 Å². The molecule has 2 rings (SSSR count). The minimum Gasteiger partial charge on any atom is -0.495 e. The number of halogens is 1. The molecule has 0 saturated heterocycles. The summed E-state index contributed by atoms with van der Waals surface area (Å²) in [4.78, 5) is 34.8. The first-order valence-corrected chi connectivity index (χ1v) is 7.74. The van der Waals surface area contributed by atoms with E-state index in [0.29, 0.717) is 22.5 Å². The van der Waals surface area contributed by atoms with Crippen LogP contribution in [0.3, 0.4) is 0 Å². The second kappa shape index (κ2) is 8.68. The highest BCUT2D eigenvalue weighted by Gasteiger charge is 2.15. The van der Waals surface area contributed by atoms with Crippen LogP contribution in [-0.2, 0) is 9.59 Å². The summed E-state index contributed by atoms with van der Waals surface area (Å²) in [7, 11) is 1.46. The standard InChI is InChI=1S/C18H15ClN2O5/c1-26-15-7-6-11(19)10-14(15)21-18(25)12-4-2-3-5-13(12)20-16(22)8-9-17(23)24/h2-10H,1H3,(H,20,22)(H,21,25)(H,23,24). The minimum absolute atomic E-state index is 0.187. The Morgan fingerprint density at radius 1 is 1.04 bits per heavy atom. The molecule has 0 spiro atoms. The van der Waals surface area contributed by atoms with Gasteiger partial charge in [0.1, 0.15) is 5.75 Å². The Labute approximate surface area is 154 Å². The van der Waals surface area contributed by atoms with Gasteiger partial charge in [-0.3, -0.25) is 9.59 Å². The van der Waals surface area contributed by atoms with Gasteiger partial charge in [-0.15, -0.1) is 0 Å². The smallest absolute Gasteiger partial charge is 0.328 e. The molecule has 3 N–H and O–H groups in total. The van der Waals surface area contributed by atoms with Gasteiger partial charge in [0, 0.05) is 17.2 Å². The van der Waals surface area contributed by atoms with E-state index in [-0.39, 0.29) is 11.3 Å². The second-order valence-electron chi connectivity index (χ2n) is 5.01. The summed E-state index contributed by atoms with van der Waals surface area (Å²) in [5.41, 5.74) is 0.787. The highest BCUT2D eigenvalue weighted by Crippen LogP contribution is 2.28. The van der Waals surface area contributed by atoms with E-state index >= 15 is 0 Å². The summed E-state index contributed by atoms with van der Waals surface area (Å²) in [6.07, 6.45) is 1.56. The number of aliphatic carboxylic acids is 1. The van der Waals surface area contributed by atoms with Crippen molar-refractivity contribution in [2.75, 3.05) is 17.7 Å². The maximum absolute atomic E-state index is 12.6. The Bertz CT molecular complexity index is 880. The third kappa shape index (κ3) is 5.09. The quantitative estimate of drug-likeness (QED) is 0.673. The van der Waals surface area contributed by atoms with Crippen LogP contribution < -0.4 is 15.4 Å². The molecule has 0 heterocycles.